The molecular weight excluding hydrogens is 252 g/mol. The molecule has 6 heteroatoms. The highest BCUT2D eigenvalue weighted by atomic mass is 32.2. The summed E-state index contributed by atoms with van der Waals surface area (Å²) in [5, 5.41) is 3.44. The van der Waals surface area contributed by atoms with Crippen molar-refractivity contribution in [2.24, 2.45) is 5.92 Å². The van der Waals surface area contributed by atoms with Gasteiger partial charge in [-0.15, -0.1) is 0 Å². The second-order valence-corrected chi connectivity index (χ2v) is 7.71. The van der Waals surface area contributed by atoms with E-state index in [1.165, 1.54) is 6.42 Å². The summed E-state index contributed by atoms with van der Waals surface area (Å²) in [5.41, 5.74) is 0. The van der Waals surface area contributed by atoms with Crippen molar-refractivity contribution >= 4 is 10.0 Å². The molecule has 1 N–H and O–H groups in total. The number of sulfonamides is 1. The monoisotopic (exact) mass is 274 g/mol. The molecule has 0 aliphatic carbocycles. The lowest BCUT2D eigenvalue weighted by molar-refractivity contribution is 0.126. The van der Waals surface area contributed by atoms with Crippen molar-refractivity contribution in [3.05, 3.63) is 0 Å². The van der Waals surface area contributed by atoms with Crippen molar-refractivity contribution in [3.63, 3.8) is 0 Å². The summed E-state index contributed by atoms with van der Waals surface area (Å²) in [7, 11) is -3.13. The van der Waals surface area contributed by atoms with Crippen LogP contribution in [0.25, 0.3) is 0 Å². The molecule has 0 aromatic carbocycles. The van der Waals surface area contributed by atoms with Crippen molar-refractivity contribution in [3.8, 4) is 0 Å². The molecular formula is C12H22N2O3S. The van der Waals surface area contributed by atoms with Crippen LogP contribution in [0.2, 0.25) is 0 Å². The number of ether oxygens (including phenoxy) is 1. The molecule has 18 heavy (non-hydrogen) atoms. The van der Waals surface area contributed by atoms with Crippen LogP contribution in [0.15, 0.2) is 0 Å². The van der Waals surface area contributed by atoms with E-state index in [9.17, 15) is 8.42 Å². The van der Waals surface area contributed by atoms with Crippen molar-refractivity contribution in [2.75, 3.05) is 32.0 Å². The van der Waals surface area contributed by atoms with Gasteiger partial charge in [-0.05, 0) is 38.1 Å². The summed E-state index contributed by atoms with van der Waals surface area (Å²) in [6.45, 7) is 3.10. The number of piperidine rings is 1. The lowest BCUT2D eigenvalue weighted by atomic mass is 9.94. The first-order valence-corrected chi connectivity index (χ1v) is 8.59. The summed E-state index contributed by atoms with van der Waals surface area (Å²) in [4.78, 5) is 0. The van der Waals surface area contributed by atoms with Gasteiger partial charge in [0.15, 0.2) is 0 Å². The zero-order chi connectivity index (χ0) is 12.6. The molecule has 3 rings (SSSR count). The van der Waals surface area contributed by atoms with Crippen LogP contribution in [-0.4, -0.2) is 56.9 Å². The molecule has 3 aliphatic heterocycles. The van der Waals surface area contributed by atoms with Gasteiger partial charge in [0.2, 0.25) is 10.0 Å². The average molecular weight is 274 g/mol. The number of fused-ring (bicyclic) bond motifs is 1. The van der Waals surface area contributed by atoms with E-state index in [2.05, 4.69) is 5.32 Å². The molecule has 0 aromatic rings. The van der Waals surface area contributed by atoms with Crippen LogP contribution in [0.5, 0.6) is 0 Å². The number of rotatable bonds is 3. The molecule has 3 atom stereocenters. The third-order valence-electron chi connectivity index (χ3n) is 4.38. The zero-order valence-electron chi connectivity index (χ0n) is 10.7. The molecule has 3 aliphatic rings. The highest BCUT2D eigenvalue weighted by molar-refractivity contribution is 7.89. The Morgan fingerprint density at radius 3 is 2.83 bits per heavy atom. The van der Waals surface area contributed by atoms with Gasteiger partial charge in [-0.2, -0.15) is 4.31 Å². The Kier molecular flexibility index (Phi) is 3.62. The largest absolute Gasteiger partial charge is 0.377 e. The topological polar surface area (TPSA) is 58.6 Å². The van der Waals surface area contributed by atoms with Crippen LogP contribution >= 0.6 is 0 Å². The fourth-order valence-electron chi connectivity index (χ4n) is 3.35. The lowest BCUT2D eigenvalue weighted by Gasteiger charge is -2.24. The van der Waals surface area contributed by atoms with Gasteiger partial charge in [-0.25, -0.2) is 8.42 Å². The van der Waals surface area contributed by atoms with Gasteiger partial charge in [-0.3, -0.25) is 0 Å². The average Bonchev–Trinajstić information content (AvgIpc) is 2.96. The molecule has 0 amide bonds. The van der Waals surface area contributed by atoms with Gasteiger partial charge in [-0.1, -0.05) is 0 Å². The van der Waals surface area contributed by atoms with Crippen molar-refractivity contribution in [1.29, 1.82) is 0 Å². The van der Waals surface area contributed by atoms with Crippen LogP contribution < -0.4 is 5.32 Å². The fraction of sp³-hybridized carbons (Fsp3) is 1.00. The second kappa shape index (κ2) is 5.07. The molecule has 3 unspecified atom stereocenters. The van der Waals surface area contributed by atoms with Crippen LogP contribution in [0.4, 0.5) is 0 Å². The van der Waals surface area contributed by atoms with Gasteiger partial charge in [0.1, 0.15) is 0 Å². The van der Waals surface area contributed by atoms with Gasteiger partial charge in [0.25, 0.3) is 0 Å². The first-order chi connectivity index (χ1) is 8.65. The predicted molar refractivity (Wildman–Crippen MR) is 68.8 cm³/mol. The highest BCUT2D eigenvalue weighted by Crippen LogP contribution is 2.28. The van der Waals surface area contributed by atoms with Gasteiger partial charge < -0.3 is 10.1 Å². The first-order valence-electron chi connectivity index (χ1n) is 6.98. The summed E-state index contributed by atoms with van der Waals surface area (Å²) in [6.07, 6.45) is 4.13. The molecule has 0 saturated carbocycles. The molecule has 104 valence electrons. The Hall–Kier alpha value is -0.170. The third kappa shape index (κ3) is 2.57. The molecule has 0 radical (unpaired) electrons. The predicted octanol–water partition coefficient (Wildman–Crippen LogP) is 0.179. The minimum atomic E-state index is -3.13. The van der Waals surface area contributed by atoms with E-state index in [4.69, 9.17) is 4.74 Å². The standard InChI is InChI=1S/C12H22N2O3S/c15-18(16,9-11-4-2-6-17-11)14-7-10-3-1-5-13-12(10)8-14/h10-13H,1-9H2. The smallest absolute Gasteiger partial charge is 0.216 e. The molecule has 5 nitrogen and oxygen atoms in total. The van der Waals surface area contributed by atoms with E-state index >= 15 is 0 Å². The lowest BCUT2D eigenvalue weighted by Crippen LogP contribution is -2.41. The van der Waals surface area contributed by atoms with Crippen molar-refractivity contribution in [1.82, 2.24) is 9.62 Å². The molecule has 3 fully saturated rings. The van der Waals surface area contributed by atoms with Crippen LogP contribution in [0, 0.1) is 5.92 Å². The van der Waals surface area contributed by atoms with Crippen LogP contribution in [0.3, 0.4) is 0 Å². The summed E-state index contributed by atoms with van der Waals surface area (Å²) in [6, 6.07) is 0.373. The van der Waals surface area contributed by atoms with Gasteiger partial charge in [0, 0.05) is 25.7 Å². The summed E-state index contributed by atoms with van der Waals surface area (Å²) >= 11 is 0. The number of hydrogen-bond acceptors (Lipinski definition) is 4. The maximum absolute atomic E-state index is 12.4. The molecule has 0 bridgehead atoms. The van der Waals surface area contributed by atoms with Gasteiger partial charge >= 0.3 is 0 Å². The SMILES string of the molecule is O=S(=O)(CC1CCCO1)N1CC2CCCNC2C1. The Morgan fingerprint density at radius 1 is 1.22 bits per heavy atom. The van der Waals surface area contributed by atoms with Crippen LogP contribution in [-0.2, 0) is 14.8 Å². The molecule has 3 saturated heterocycles. The normalized spacial score (nSPS) is 37.9. The molecule has 3 heterocycles. The first kappa shape index (κ1) is 12.8. The second-order valence-electron chi connectivity index (χ2n) is 5.69. The van der Waals surface area contributed by atoms with E-state index in [0.29, 0.717) is 31.7 Å². The van der Waals surface area contributed by atoms with E-state index in [1.807, 2.05) is 0 Å². The van der Waals surface area contributed by atoms with E-state index in [0.717, 1.165) is 25.8 Å². The molecule has 0 spiro atoms. The Bertz CT molecular complexity index is 378. The number of hydrogen-bond donors (Lipinski definition) is 1. The van der Waals surface area contributed by atoms with Crippen molar-refractivity contribution < 1.29 is 13.2 Å². The van der Waals surface area contributed by atoms with E-state index < -0.39 is 10.0 Å². The van der Waals surface area contributed by atoms with Gasteiger partial charge in [0.05, 0.1) is 11.9 Å². The maximum atomic E-state index is 12.4. The van der Waals surface area contributed by atoms with E-state index in [1.54, 1.807) is 4.31 Å². The summed E-state index contributed by atoms with van der Waals surface area (Å²) in [5.74, 6) is 0.685. The molecule has 0 aromatic heterocycles. The van der Waals surface area contributed by atoms with E-state index in [-0.39, 0.29) is 11.9 Å². The number of nitrogens with zero attached hydrogens (tertiary/aromatic N) is 1. The third-order valence-corrected chi connectivity index (χ3v) is 6.26. The Morgan fingerprint density at radius 2 is 2.11 bits per heavy atom. The Balaban J connectivity index is 1.63. The Labute approximate surface area is 109 Å². The fourth-order valence-corrected chi connectivity index (χ4v) is 5.10. The van der Waals surface area contributed by atoms with Crippen LogP contribution in [0.1, 0.15) is 25.7 Å². The quantitative estimate of drug-likeness (QED) is 0.797. The highest BCUT2D eigenvalue weighted by Gasteiger charge is 2.40. The zero-order valence-corrected chi connectivity index (χ0v) is 11.5. The number of nitrogens with one attached hydrogen (secondary N) is 1. The minimum absolute atomic E-state index is 0.0782. The van der Waals surface area contributed by atoms with Crippen molar-refractivity contribution in [2.45, 2.75) is 37.8 Å². The minimum Gasteiger partial charge on any atom is -0.377 e. The summed E-state index contributed by atoms with van der Waals surface area (Å²) < 4.78 is 31.8. The maximum Gasteiger partial charge on any atom is 0.216 e.